The molecular weight excluding hydrogens is 699 g/mol. The third kappa shape index (κ3) is 7.78. The SMILES string of the molecule is CCOCCn1c(N2CCCN(CCC3(c4ccc(Cl)c(Cl)c4)CCN(C(=O)c4cc(Cn5ccnn5)ccc4OC)C3)CC2)nc2ccccc21. The predicted molar refractivity (Wildman–Crippen MR) is 205 cm³/mol. The Balaban J connectivity index is 1.08. The van der Waals surface area contributed by atoms with Crippen LogP contribution in [0.3, 0.4) is 0 Å². The minimum atomic E-state index is -0.283. The normalized spacial score (nSPS) is 18.3. The monoisotopic (exact) mass is 744 g/mol. The van der Waals surface area contributed by atoms with E-state index in [1.54, 1.807) is 24.2 Å². The number of hydrogen-bond donors (Lipinski definition) is 0. The number of imidazole rings is 1. The van der Waals surface area contributed by atoms with Gasteiger partial charge in [0, 0.05) is 57.5 Å². The fraction of sp³-hybridized carbons (Fsp3) is 0.436. The second kappa shape index (κ2) is 16.2. The van der Waals surface area contributed by atoms with Gasteiger partial charge < -0.3 is 28.7 Å². The second-order valence-corrected chi connectivity index (χ2v) is 14.5. The van der Waals surface area contributed by atoms with E-state index in [1.807, 2.05) is 48.2 Å². The van der Waals surface area contributed by atoms with Crippen molar-refractivity contribution in [3.63, 3.8) is 0 Å². The summed E-state index contributed by atoms with van der Waals surface area (Å²) in [5.41, 5.74) is 4.48. The van der Waals surface area contributed by atoms with E-state index >= 15 is 0 Å². The first-order valence-corrected chi connectivity index (χ1v) is 18.9. The lowest BCUT2D eigenvalue weighted by Gasteiger charge is -2.33. The second-order valence-electron chi connectivity index (χ2n) is 13.7. The molecule has 1 unspecified atom stereocenters. The lowest BCUT2D eigenvalue weighted by atomic mass is 9.76. The van der Waals surface area contributed by atoms with Crippen LogP contribution in [0.15, 0.2) is 73.1 Å². The summed E-state index contributed by atoms with van der Waals surface area (Å²) in [5.74, 6) is 1.53. The van der Waals surface area contributed by atoms with E-state index in [1.165, 1.54) is 0 Å². The molecule has 274 valence electrons. The van der Waals surface area contributed by atoms with Crippen LogP contribution in [0.25, 0.3) is 11.0 Å². The highest BCUT2D eigenvalue weighted by molar-refractivity contribution is 6.42. The molecule has 0 radical (unpaired) electrons. The number of likely N-dealkylation sites (tertiary alicyclic amines) is 1. The molecule has 4 heterocycles. The quantitative estimate of drug-likeness (QED) is 0.128. The van der Waals surface area contributed by atoms with Crippen LogP contribution >= 0.6 is 23.2 Å². The van der Waals surface area contributed by atoms with Gasteiger partial charge in [0.2, 0.25) is 5.95 Å². The number of anilines is 1. The maximum Gasteiger partial charge on any atom is 0.257 e. The Kier molecular flexibility index (Phi) is 11.3. The van der Waals surface area contributed by atoms with Crippen LogP contribution in [-0.4, -0.2) is 106 Å². The van der Waals surface area contributed by atoms with Gasteiger partial charge in [-0.1, -0.05) is 52.7 Å². The minimum Gasteiger partial charge on any atom is -0.496 e. The van der Waals surface area contributed by atoms with Crippen molar-refractivity contribution >= 4 is 46.1 Å². The summed E-state index contributed by atoms with van der Waals surface area (Å²) in [6.07, 6.45) is 6.18. The van der Waals surface area contributed by atoms with Crippen molar-refractivity contribution in [2.75, 3.05) is 71.0 Å². The molecule has 1 atom stereocenters. The molecule has 0 bridgehead atoms. The van der Waals surface area contributed by atoms with Gasteiger partial charge in [-0.15, -0.1) is 5.10 Å². The van der Waals surface area contributed by atoms with E-state index in [-0.39, 0.29) is 11.3 Å². The zero-order valence-corrected chi connectivity index (χ0v) is 31.4. The Hall–Kier alpha value is -4.16. The number of methoxy groups -OCH3 is 1. The number of carbonyl (C=O) groups excluding carboxylic acids is 1. The minimum absolute atomic E-state index is 0.0446. The molecule has 0 N–H and O–H groups in total. The molecular formula is C39H46Cl2N8O3. The number of hydrogen-bond acceptors (Lipinski definition) is 8. The number of ether oxygens (including phenoxy) is 2. The number of rotatable bonds is 13. The van der Waals surface area contributed by atoms with E-state index in [9.17, 15) is 4.79 Å². The van der Waals surface area contributed by atoms with Crippen molar-refractivity contribution in [3.8, 4) is 5.75 Å². The Labute approximate surface area is 315 Å². The van der Waals surface area contributed by atoms with Gasteiger partial charge in [0.05, 0.1) is 53.1 Å². The Bertz CT molecular complexity index is 1990. The highest BCUT2D eigenvalue weighted by Gasteiger charge is 2.42. The van der Waals surface area contributed by atoms with Crippen LogP contribution in [0.1, 0.15) is 47.7 Å². The number of halogens is 2. The zero-order valence-electron chi connectivity index (χ0n) is 29.9. The van der Waals surface area contributed by atoms with Crippen molar-refractivity contribution in [3.05, 3.63) is 99.8 Å². The molecule has 2 saturated heterocycles. The number of nitrogens with zero attached hydrogens (tertiary/aromatic N) is 8. The van der Waals surface area contributed by atoms with Gasteiger partial charge in [0.25, 0.3) is 5.91 Å². The van der Waals surface area contributed by atoms with Crippen LogP contribution in [0.2, 0.25) is 10.0 Å². The molecule has 0 spiro atoms. The van der Waals surface area contributed by atoms with E-state index in [4.69, 9.17) is 37.7 Å². The van der Waals surface area contributed by atoms with Gasteiger partial charge in [0.1, 0.15) is 5.75 Å². The number of amides is 1. The van der Waals surface area contributed by atoms with Crippen molar-refractivity contribution < 1.29 is 14.3 Å². The van der Waals surface area contributed by atoms with Gasteiger partial charge in [-0.05, 0) is 86.8 Å². The van der Waals surface area contributed by atoms with Crippen LogP contribution in [0.4, 0.5) is 5.95 Å². The van der Waals surface area contributed by atoms with Gasteiger partial charge in [-0.25, -0.2) is 9.67 Å². The van der Waals surface area contributed by atoms with Crippen molar-refractivity contribution in [1.29, 1.82) is 0 Å². The lowest BCUT2D eigenvalue weighted by Crippen LogP contribution is -2.39. The fourth-order valence-electron chi connectivity index (χ4n) is 7.74. The molecule has 11 nitrogen and oxygen atoms in total. The average Bonchev–Trinajstić information content (AvgIpc) is 3.88. The summed E-state index contributed by atoms with van der Waals surface area (Å²) in [6.45, 7) is 10.5. The smallest absolute Gasteiger partial charge is 0.257 e. The Morgan fingerprint density at radius 2 is 1.85 bits per heavy atom. The maximum absolute atomic E-state index is 14.3. The highest BCUT2D eigenvalue weighted by atomic mass is 35.5. The van der Waals surface area contributed by atoms with Crippen LogP contribution in [0.5, 0.6) is 5.75 Å². The standard InChI is InChI=1S/C39H46Cl2N8O3/c1-3-52-24-23-49-35-8-5-4-7-34(35)43-38(49)46-17-6-16-45(21-22-46)18-13-39(30-10-11-32(40)33(41)26-30)14-19-47(28-39)37(50)31-25-29(9-12-36(31)51-2)27-48-20-15-42-44-48/h4-5,7-12,15,20,25-26H,3,6,13-14,16-19,21-24,27-28H2,1-2H3. The third-order valence-electron chi connectivity index (χ3n) is 10.6. The van der Waals surface area contributed by atoms with Gasteiger partial charge in [-0.3, -0.25) is 4.79 Å². The molecule has 52 heavy (non-hydrogen) atoms. The van der Waals surface area contributed by atoms with Crippen molar-refractivity contribution in [2.24, 2.45) is 0 Å². The lowest BCUT2D eigenvalue weighted by molar-refractivity contribution is 0.0777. The first-order valence-electron chi connectivity index (χ1n) is 18.1. The summed E-state index contributed by atoms with van der Waals surface area (Å²) in [7, 11) is 1.60. The van der Waals surface area contributed by atoms with E-state index in [2.05, 4.69) is 48.9 Å². The molecule has 7 rings (SSSR count). The first-order chi connectivity index (χ1) is 25.4. The molecule has 2 aromatic heterocycles. The summed E-state index contributed by atoms with van der Waals surface area (Å²) in [6, 6.07) is 20.0. The number of aromatic nitrogens is 5. The largest absolute Gasteiger partial charge is 0.496 e. The third-order valence-corrected chi connectivity index (χ3v) is 11.3. The Morgan fingerprint density at radius 1 is 0.962 bits per heavy atom. The maximum atomic E-state index is 14.3. The molecule has 0 aliphatic carbocycles. The highest BCUT2D eigenvalue weighted by Crippen LogP contribution is 2.41. The van der Waals surface area contributed by atoms with Gasteiger partial charge in [0.15, 0.2) is 0 Å². The fourth-order valence-corrected chi connectivity index (χ4v) is 8.04. The molecule has 5 aromatic rings. The molecule has 0 saturated carbocycles. The summed E-state index contributed by atoms with van der Waals surface area (Å²) in [4.78, 5) is 26.3. The summed E-state index contributed by atoms with van der Waals surface area (Å²) >= 11 is 13.0. The predicted octanol–water partition coefficient (Wildman–Crippen LogP) is 6.41. The molecule has 3 aromatic carbocycles. The van der Waals surface area contributed by atoms with E-state index in [0.717, 1.165) is 86.6 Å². The van der Waals surface area contributed by atoms with Gasteiger partial charge >= 0.3 is 0 Å². The average molecular weight is 746 g/mol. The van der Waals surface area contributed by atoms with E-state index in [0.29, 0.717) is 54.2 Å². The molecule has 13 heteroatoms. The summed E-state index contributed by atoms with van der Waals surface area (Å²) in [5, 5.41) is 9.05. The van der Waals surface area contributed by atoms with Crippen LogP contribution in [-0.2, 0) is 23.2 Å². The van der Waals surface area contributed by atoms with Gasteiger partial charge in [-0.2, -0.15) is 0 Å². The molecule has 2 fully saturated rings. The number of benzene rings is 3. The van der Waals surface area contributed by atoms with Crippen molar-refractivity contribution in [2.45, 2.75) is 44.7 Å². The first kappa shape index (κ1) is 36.2. The summed E-state index contributed by atoms with van der Waals surface area (Å²) < 4.78 is 15.5. The van der Waals surface area contributed by atoms with E-state index < -0.39 is 0 Å². The van der Waals surface area contributed by atoms with Crippen LogP contribution < -0.4 is 9.64 Å². The molecule has 2 aliphatic heterocycles. The number of para-hydroxylation sites is 2. The molecule has 1 amide bonds. The van der Waals surface area contributed by atoms with Crippen LogP contribution in [0, 0.1) is 0 Å². The zero-order chi connectivity index (χ0) is 36.1. The molecule has 2 aliphatic rings. The number of fused-ring (bicyclic) bond motifs is 1. The topological polar surface area (TPSA) is 93.8 Å². The Morgan fingerprint density at radius 3 is 2.65 bits per heavy atom. The number of carbonyl (C=O) groups is 1. The van der Waals surface area contributed by atoms with Crippen molar-refractivity contribution in [1.82, 2.24) is 34.3 Å².